The lowest BCUT2D eigenvalue weighted by Crippen LogP contribution is -2.38. The third-order valence-electron chi connectivity index (χ3n) is 2.97. The van der Waals surface area contributed by atoms with Gasteiger partial charge in [-0.25, -0.2) is 9.78 Å². The van der Waals surface area contributed by atoms with E-state index in [1.807, 2.05) is 4.90 Å². The number of carbonyl (C=O) groups excluding carboxylic acids is 1. The number of β-amino-alcohol motifs (C(OH)–C–C–N with tert-alkyl or cyclic N) is 1. The number of piperidine rings is 1. The zero-order valence-corrected chi connectivity index (χ0v) is 12.7. The molecule has 0 spiro atoms. The summed E-state index contributed by atoms with van der Waals surface area (Å²) in [5.41, 5.74) is -0.571. The number of carbonyl (C=O) groups is 1. The van der Waals surface area contributed by atoms with Gasteiger partial charge in [-0.1, -0.05) is 0 Å². The van der Waals surface area contributed by atoms with E-state index in [-0.39, 0.29) is 12.1 Å². The zero-order chi connectivity index (χ0) is 15.5. The largest absolute Gasteiger partial charge is 0.444 e. The SMILES string of the molecule is CC(C)(C)OC(=O)Nc1nccc(N2CCCC(O)C2)n1. The van der Waals surface area contributed by atoms with Crippen molar-refractivity contribution in [3.8, 4) is 0 Å². The van der Waals surface area contributed by atoms with Crippen molar-refractivity contribution in [2.45, 2.75) is 45.3 Å². The van der Waals surface area contributed by atoms with Crippen LogP contribution in [0, 0.1) is 0 Å². The lowest BCUT2D eigenvalue weighted by atomic mass is 10.1. The highest BCUT2D eigenvalue weighted by molar-refractivity contribution is 5.82. The first-order valence-corrected chi connectivity index (χ1v) is 7.09. The molecule has 7 nitrogen and oxygen atoms in total. The van der Waals surface area contributed by atoms with Gasteiger partial charge in [-0.3, -0.25) is 5.32 Å². The predicted molar refractivity (Wildman–Crippen MR) is 79.3 cm³/mol. The molecular weight excluding hydrogens is 272 g/mol. The normalized spacial score (nSPS) is 19.2. The van der Waals surface area contributed by atoms with Crippen LogP contribution in [0.1, 0.15) is 33.6 Å². The van der Waals surface area contributed by atoms with Crippen molar-refractivity contribution in [1.29, 1.82) is 0 Å². The number of aliphatic hydroxyl groups excluding tert-OH is 1. The molecule has 2 N–H and O–H groups in total. The van der Waals surface area contributed by atoms with Crippen LogP contribution in [0.5, 0.6) is 0 Å². The van der Waals surface area contributed by atoms with Crippen molar-refractivity contribution >= 4 is 17.9 Å². The van der Waals surface area contributed by atoms with Crippen molar-refractivity contribution in [2.75, 3.05) is 23.3 Å². The highest BCUT2D eigenvalue weighted by Crippen LogP contribution is 2.18. The van der Waals surface area contributed by atoms with Crippen molar-refractivity contribution in [1.82, 2.24) is 9.97 Å². The third kappa shape index (κ3) is 4.86. The second kappa shape index (κ2) is 6.26. The highest BCUT2D eigenvalue weighted by Gasteiger charge is 2.20. The van der Waals surface area contributed by atoms with Crippen LogP contribution in [0.3, 0.4) is 0 Å². The van der Waals surface area contributed by atoms with Crippen LogP contribution in [0.25, 0.3) is 0 Å². The average molecular weight is 294 g/mol. The summed E-state index contributed by atoms with van der Waals surface area (Å²) in [6, 6.07) is 1.76. The van der Waals surface area contributed by atoms with E-state index in [4.69, 9.17) is 4.74 Å². The van der Waals surface area contributed by atoms with Gasteiger partial charge in [-0.05, 0) is 39.7 Å². The quantitative estimate of drug-likeness (QED) is 0.864. The molecule has 0 aromatic carbocycles. The summed E-state index contributed by atoms with van der Waals surface area (Å²) >= 11 is 0. The molecule has 1 fully saturated rings. The van der Waals surface area contributed by atoms with Crippen LogP contribution in [0.15, 0.2) is 12.3 Å². The Hall–Kier alpha value is -1.89. The average Bonchev–Trinajstić information content (AvgIpc) is 2.36. The molecule has 116 valence electrons. The van der Waals surface area contributed by atoms with Crippen LogP contribution in [-0.4, -0.2) is 46.0 Å². The number of nitrogens with zero attached hydrogens (tertiary/aromatic N) is 3. The van der Waals surface area contributed by atoms with Gasteiger partial charge in [0.15, 0.2) is 0 Å². The van der Waals surface area contributed by atoms with E-state index < -0.39 is 11.7 Å². The molecular formula is C14H22N4O3. The van der Waals surface area contributed by atoms with Crippen LogP contribution >= 0.6 is 0 Å². The van der Waals surface area contributed by atoms with Gasteiger partial charge in [0, 0.05) is 19.3 Å². The summed E-state index contributed by atoms with van der Waals surface area (Å²) in [4.78, 5) is 22.0. The second-order valence-corrected chi connectivity index (χ2v) is 6.11. The molecule has 0 saturated carbocycles. The van der Waals surface area contributed by atoms with E-state index >= 15 is 0 Å². The third-order valence-corrected chi connectivity index (χ3v) is 2.97. The van der Waals surface area contributed by atoms with E-state index in [9.17, 15) is 9.90 Å². The maximum absolute atomic E-state index is 11.7. The first-order chi connectivity index (χ1) is 9.83. The number of ether oxygens (including phenoxy) is 1. The Balaban J connectivity index is 2.02. The van der Waals surface area contributed by atoms with Gasteiger partial charge in [0.2, 0.25) is 5.95 Å². The maximum Gasteiger partial charge on any atom is 0.414 e. The summed E-state index contributed by atoms with van der Waals surface area (Å²) in [7, 11) is 0. The minimum Gasteiger partial charge on any atom is -0.444 e. The number of hydrogen-bond acceptors (Lipinski definition) is 6. The molecule has 1 aliphatic heterocycles. The van der Waals surface area contributed by atoms with Crippen LogP contribution in [-0.2, 0) is 4.74 Å². The number of aromatic nitrogens is 2. The van der Waals surface area contributed by atoms with Crippen molar-refractivity contribution in [3.05, 3.63) is 12.3 Å². The first kappa shape index (κ1) is 15.5. The minimum absolute atomic E-state index is 0.196. The molecule has 1 atom stereocenters. The molecule has 1 aromatic heterocycles. The molecule has 1 saturated heterocycles. The molecule has 2 heterocycles. The Labute approximate surface area is 124 Å². The van der Waals surface area contributed by atoms with Crippen molar-refractivity contribution in [3.63, 3.8) is 0 Å². The Morgan fingerprint density at radius 3 is 2.95 bits per heavy atom. The monoisotopic (exact) mass is 294 g/mol. The fourth-order valence-corrected chi connectivity index (χ4v) is 2.14. The van der Waals surface area contributed by atoms with Crippen LogP contribution < -0.4 is 10.2 Å². The Kier molecular flexibility index (Phi) is 4.62. The van der Waals surface area contributed by atoms with Gasteiger partial charge in [0.1, 0.15) is 11.4 Å². The lowest BCUT2D eigenvalue weighted by Gasteiger charge is -2.31. The molecule has 1 amide bonds. The van der Waals surface area contributed by atoms with E-state index in [0.717, 1.165) is 19.4 Å². The molecule has 2 rings (SSSR count). The van der Waals surface area contributed by atoms with Gasteiger partial charge in [-0.15, -0.1) is 0 Å². The van der Waals surface area contributed by atoms with Gasteiger partial charge in [0.05, 0.1) is 6.10 Å². The second-order valence-electron chi connectivity index (χ2n) is 6.11. The van der Waals surface area contributed by atoms with Crippen molar-refractivity contribution < 1.29 is 14.6 Å². The first-order valence-electron chi connectivity index (χ1n) is 7.09. The van der Waals surface area contributed by atoms with E-state index in [0.29, 0.717) is 12.4 Å². The van der Waals surface area contributed by atoms with Crippen molar-refractivity contribution in [2.24, 2.45) is 0 Å². The number of aliphatic hydroxyl groups is 1. The summed E-state index contributed by atoms with van der Waals surface area (Å²) < 4.78 is 5.16. The van der Waals surface area contributed by atoms with E-state index in [1.165, 1.54) is 0 Å². The van der Waals surface area contributed by atoms with E-state index in [1.54, 1.807) is 33.0 Å². The number of anilines is 2. The lowest BCUT2D eigenvalue weighted by molar-refractivity contribution is 0.0634. The molecule has 21 heavy (non-hydrogen) atoms. The smallest absolute Gasteiger partial charge is 0.414 e. The van der Waals surface area contributed by atoms with Gasteiger partial charge in [0.25, 0.3) is 0 Å². The maximum atomic E-state index is 11.7. The predicted octanol–water partition coefficient (Wildman–Crippen LogP) is 1.78. The fourth-order valence-electron chi connectivity index (χ4n) is 2.14. The summed E-state index contributed by atoms with van der Waals surface area (Å²) in [5, 5.41) is 12.2. The topological polar surface area (TPSA) is 87.6 Å². The molecule has 0 aliphatic carbocycles. The Bertz CT molecular complexity index is 501. The van der Waals surface area contributed by atoms with E-state index in [2.05, 4.69) is 15.3 Å². The number of nitrogens with one attached hydrogen (secondary N) is 1. The summed E-state index contributed by atoms with van der Waals surface area (Å²) in [6.45, 7) is 6.75. The van der Waals surface area contributed by atoms with Crippen LogP contribution in [0.4, 0.5) is 16.6 Å². The summed E-state index contributed by atoms with van der Waals surface area (Å²) in [5.74, 6) is 0.886. The molecule has 0 radical (unpaired) electrons. The van der Waals surface area contributed by atoms with Gasteiger partial charge < -0.3 is 14.7 Å². The van der Waals surface area contributed by atoms with Gasteiger partial charge >= 0.3 is 6.09 Å². The number of hydrogen-bond donors (Lipinski definition) is 2. The molecule has 7 heteroatoms. The molecule has 1 unspecified atom stereocenters. The molecule has 0 bridgehead atoms. The molecule has 1 aromatic rings. The Morgan fingerprint density at radius 2 is 2.29 bits per heavy atom. The molecule has 1 aliphatic rings. The van der Waals surface area contributed by atoms with Crippen LogP contribution in [0.2, 0.25) is 0 Å². The van der Waals surface area contributed by atoms with Gasteiger partial charge in [-0.2, -0.15) is 4.98 Å². The zero-order valence-electron chi connectivity index (χ0n) is 12.7. The Morgan fingerprint density at radius 1 is 1.52 bits per heavy atom. The highest BCUT2D eigenvalue weighted by atomic mass is 16.6. The number of rotatable bonds is 2. The minimum atomic E-state index is -0.585. The fraction of sp³-hybridized carbons (Fsp3) is 0.643. The standard InChI is InChI=1S/C14H22N4O3/c1-14(2,3)21-13(20)17-12-15-7-6-11(16-12)18-8-4-5-10(19)9-18/h6-7,10,19H,4-5,8-9H2,1-3H3,(H,15,16,17,20). The summed E-state index contributed by atoms with van der Waals surface area (Å²) in [6.07, 6.45) is 2.38. The number of amides is 1.